The van der Waals surface area contributed by atoms with Gasteiger partial charge in [-0.3, -0.25) is 29.9 Å². The topological polar surface area (TPSA) is 77.3 Å². The van der Waals surface area contributed by atoms with E-state index in [0.717, 1.165) is 145 Å². The molecule has 0 saturated heterocycles. The van der Waals surface area contributed by atoms with Crippen molar-refractivity contribution in [3.05, 3.63) is 178 Å². The van der Waals surface area contributed by atoms with Gasteiger partial charge in [-0.2, -0.15) is 0 Å². The van der Waals surface area contributed by atoms with Crippen LogP contribution in [-0.4, -0.2) is 29.9 Å². The summed E-state index contributed by atoms with van der Waals surface area (Å²) in [5.41, 5.74) is 15.2. The number of pyridine rings is 6. The van der Waals surface area contributed by atoms with Crippen LogP contribution in [0.2, 0.25) is 0 Å². The molecule has 9 aliphatic rings. The van der Waals surface area contributed by atoms with E-state index < -0.39 is 0 Å². The van der Waals surface area contributed by atoms with Crippen molar-refractivity contribution in [1.29, 1.82) is 0 Å². The van der Waals surface area contributed by atoms with Crippen molar-refractivity contribution < 1.29 is 0 Å². The molecule has 1 aromatic carbocycles. The van der Waals surface area contributed by atoms with E-state index >= 15 is 0 Å². The van der Waals surface area contributed by atoms with Gasteiger partial charge in [0.15, 0.2) is 0 Å². The summed E-state index contributed by atoms with van der Waals surface area (Å²) in [6.07, 6.45) is 30.5. The lowest BCUT2D eigenvalue weighted by molar-refractivity contribution is -0.113. The van der Waals surface area contributed by atoms with Crippen molar-refractivity contribution in [3.8, 4) is 105 Å². The highest BCUT2D eigenvalue weighted by molar-refractivity contribution is 5.62. The van der Waals surface area contributed by atoms with Gasteiger partial charge in [0, 0.05) is 103 Å². The molecule has 6 heterocycles. The van der Waals surface area contributed by atoms with Gasteiger partial charge in [-0.05, 0) is 204 Å². The fourth-order valence-electron chi connectivity index (χ4n) is 13.6. The quantitative estimate of drug-likeness (QED) is 0.114. The highest BCUT2D eigenvalue weighted by Gasteiger charge is 2.68. The van der Waals surface area contributed by atoms with Gasteiger partial charge in [0.1, 0.15) is 0 Å². The Morgan fingerprint density at radius 1 is 0.284 bits per heavy atom. The Bertz CT molecular complexity index is 3560. The van der Waals surface area contributed by atoms with E-state index in [1.807, 2.05) is 55.4 Å². The van der Waals surface area contributed by atoms with Crippen molar-refractivity contribution in [3.63, 3.8) is 0 Å². The third kappa shape index (κ3) is 11.0. The summed E-state index contributed by atoms with van der Waals surface area (Å²) in [4.78, 5) is 27.9. The normalized spacial score (nSPS) is 24.9. The molecule has 6 aromatic heterocycles. The molecule has 6 nitrogen and oxygen atoms in total. The zero-order valence-electron chi connectivity index (χ0n) is 47.0. The largest absolute Gasteiger partial charge is 0.255 e. The molecule has 0 unspecified atom stereocenters. The summed E-state index contributed by atoms with van der Waals surface area (Å²) in [5, 5.41) is 0. The standard InChI is InChI=1S/C75H66N6/c1-4-7-10-55-19-31-76-64(40-55)67-43-58(22-34-79-67)13-25-70-46-73(47-70,48-70)28-16-61-37-62(17-29-74-49-71(50-74,51-74)26-14-59-23-35-80-68(44-59)65-41-56(11-8-5-2)20-32-77-65)39-63(38-61)18-30-75-52-72(53-75,54-75)27-15-60-24-36-81-69(45-60)66-42-57(12-9-6-3)21-33-78-66/h19-24,31-45H,4-12,46-54H2,1-3H3. The van der Waals surface area contributed by atoms with Gasteiger partial charge in [0.05, 0.1) is 34.2 Å². The Hall–Kier alpha value is -8.52. The van der Waals surface area contributed by atoms with Crippen LogP contribution in [0.3, 0.4) is 0 Å². The number of unbranched alkanes of at least 4 members (excludes halogenated alkanes) is 3. The first-order valence-corrected chi connectivity index (χ1v) is 29.6. The second-order valence-corrected chi connectivity index (χ2v) is 24.8. The molecular formula is C75H66N6. The van der Waals surface area contributed by atoms with E-state index in [4.69, 9.17) is 0 Å². The molecule has 9 fully saturated rings. The van der Waals surface area contributed by atoms with E-state index in [1.54, 1.807) is 0 Å². The summed E-state index contributed by atoms with van der Waals surface area (Å²) in [6, 6.07) is 31.6. The minimum atomic E-state index is 0.0128. The average molecular weight is 1050 g/mol. The first kappa shape index (κ1) is 51.9. The number of aryl methyl sites for hydroxylation is 3. The second-order valence-electron chi connectivity index (χ2n) is 24.8. The van der Waals surface area contributed by atoms with Gasteiger partial charge in [-0.1, -0.05) is 111 Å². The van der Waals surface area contributed by atoms with E-state index in [0.29, 0.717) is 0 Å². The molecule has 6 heteroatoms. The highest BCUT2D eigenvalue weighted by atomic mass is 14.8. The Morgan fingerprint density at radius 3 is 0.753 bits per heavy atom. The molecule has 16 rings (SSSR count). The van der Waals surface area contributed by atoms with E-state index in [1.165, 1.54) is 55.2 Å². The minimum Gasteiger partial charge on any atom is -0.255 e. The fraction of sp³-hybridized carbons (Fsp3) is 0.360. The molecule has 6 bridgehead atoms. The van der Waals surface area contributed by atoms with E-state index in [9.17, 15) is 0 Å². The van der Waals surface area contributed by atoms with Gasteiger partial charge < -0.3 is 0 Å². The average Bonchev–Trinajstić information content (AvgIpc) is 2.71. The maximum atomic E-state index is 4.65. The molecule has 81 heavy (non-hydrogen) atoms. The summed E-state index contributed by atoms with van der Waals surface area (Å²) in [6.45, 7) is 6.67. The fourth-order valence-corrected chi connectivity index (χ4v) is 13.6. The lowest BCUT2D eigenvalue weighted by Gasteiger charge is -2.65. The Kier molecular flexibility index (Phi) is 13.6. The Balaban J connectivity index is 0.696. The number of nitrogens with zero attached hydrogens (tertiary/aromatic N) is 6. The third-order valence-electron chi connectivity index (χ3n) is 17.9. The van der Waals surface area contributed by atoms with Crippen molar-refractivity contribution in [1.82, 2.24) is 29.9 Å². The van der Waals surface area contributed by atoms with Crippen LogP contribution in [0.1, 0.15) is 167 Å². The summed E-state index contributed by atoms with van der Waals surface area (Å²) in [5.74, 6) is 43.7. The third-order valence-corrected chi connectivity index (χ3v) is 17.9. The van der Waals surface area contributed by atoms with E-state index in [2.05, 4.69) is 195 Å². The Labute approximate surface area is 479 Å². The van der Waals surface area contributed by atoms with Crippen LogP contribution in [0.5, 0.6) is 0 Å². The number of hydrogen-bond donors (Lipinski definition) is 0. The van der Waals surface area contributed by atoms with Gasteiger partial charge in [0.2, 0.25) is 0 Å². The maximum absolute atomic E-state index is 4.65. The molecule has 0 N–H and O–H groups in total. The lowest BCUT2D eigenvalue weighted by Crippen LogP contribution is -2.60. The van der Waals surface area contributed by atoms with Crippen LogP contribution in [-0.2, 0) is 19.3 Å². The summed E-state index contributed by atoms with van der Waals surface area (Å²) < 4.78 is 0. The number of rotatable bonds is 12. The van der Waals surface area contributed by atoms with Gasteiger partial charge in [-0.25, -0.2) is 0 Å². The molecule has 0 amide bonds. The minimum absolute atomic E-state index is 0.0128. The molecule has 0 spiro atoms. The van der Waals surface area contributed by atoms with Crippen molar-refractivity contribution in [2.45, 2.75) is 136 Å². The second kappa shape index (κ2) is 21.2. The van der Waals surface area contributed by atoms with Crippen LogP contribution < -0.4 is 0 Å². The lowest BCUT2D eigenvalue weighted by atomic mass is 9.36. The molecule has 0 aliphatic heterocycles. The zero-order chi connectivity index (χ0) is 55.0. The highest BCUT2D eigenvalue weighted by Crippen LogP contribution is 2.74. The molecule has 7 aromatic rings. The molecule has 0 radical (unpaired) electrons. The first-order valence-electron chi connectivity index (χ1n) is 29.6. The summed E-state index contributed by atoms with van der Waals surface area (Å²) >= 11 is 0. The van der Waals surface area contributed by atoms with Crippen LogP contribution >= 0.6 is 0 Å². The van der Waals surface area contributed by atoms with Crippen molar-refractivity contribution >= 4 is 0 Å². The van der Waals surface area contributed by atoms with E-state index in [-0.39, 0.29) is 32.5 Å². The van der Waals surface area contributed by atoms with Crippen LogP contribution in [0.25, 0.3) is 34.2 Å². The molecule has 396 valence electrons. The smallest absolute Gasteiger partial charge is 0.0898 e. The molecule has 9 aliphatic carbocycles. The van der Waals surface area contributed by atoms with Crippen LogP contribution in [0.15, 0.2) is 128 Å². The zero-order valence-corrected chi connectivity index (χ0v) is 47.0. The van der Waals surface area contributed by atoms with Crippen LogP contribution in [0.4, 0.5) is 0 Å². The maximum Gasteiger partial charge on any atom is 0.0898 e. The Morgan fingerprint density at radius 2 is 0.506 bits per heavy atom. The molecule has 9 saturated carbocycles. The van der Waals surface area contributed by atoms with Gasteiger partial charge in [0.25, 0.3) is 0 Å². The van der Waals surface area contributed by atoms with Crippen molar-refractivity contribution in [2.24, 2.45) is 32.5 Å². The number of benzene rings is 1. The number of hydrogen-bond acceptors (Lipinski definition) is 6. The monoisotopic (exact) mass is 1050 g/mol. The van der Waals surface area contributed by atoms with Gasteiger partial charge in [-0.15, -0.1) is 0 Å². The van der Waals surface area contributed by atoms with Crippen LogP contribution in [0, 0.1) is 104 Å². The SMILES string of the molecule is CCCCc1ccnc(-c2cc(C#CC34CC(C#Cc5cc(C#CC67CC(C#Cc8ccnc(-c9cc(CCCC)ccn9)c8)(C6)C7)cc(C#CC67CC(C#Cc8ccnc(-c9cc(CCCC)ccn9)c8)(C6)C7)c5)(C3)C4)ccn2)c1. The predicted octanol–water partition coefficient (Wildman–Crippen LogP) is 14.8. The number of aromatic nitrogens is 6. The molecular weight excluding hydrogens is 985 g/mol. The first-order chi connectivity index (χ1) is 39.5. The summed E-state index contributed by atoms with van der Waals surface area (Å²) in [7, 11) is 0. The van der Waals surface area contributed by atoms with Crippen molar-refractivity contribution in [2.75, 3.05) is 0 Å². The van der Waals surface area contributed by atoms with Gasteiger partial charge >= 0.3 is 0 Å². The predicted molar refractivity (Wildman–Crippen MR) is 322 cm³/mol. The molecule has 0 atom stereocenters.